The number of morpholine rings is 1. The summed E-state index contributed by atoms with van der Waals surface area (Å²) in [6, 6.07) is 19.1. The highest BCUT2D eigenvalue weighted by Gasteiger charge is 2.16. The van der Waals surface area contributed by atoms with Gasteiger partial charge in [-0.1, -0.05) is 54.6 Å². The Balaban J connectivity index is 1.49. The van der Waals surface area contributed by atoms with Crippen LogP contribution in [0, 0.1) is 0 Å². The lowest BCUT2D eigenvalue weighted by Gasteiger charge is -2.31. The molecule has 0 amide bonds. The van der Waals surface area contributed by atoms with E-state index in [9.17, 15) is 0 Å². The van der Waals surface area contributed by atoms with E-state index in [1.807, 2.05) is 18.2 Å². The standard InChI is InChI=1S/C22H30N4O/c1-18-16-26(11-12-27-18)17-21-10-6-9-20(13-21)15-25-22(23-2)24-14-19-7-4-3-5-8-19/h3-10,13,18H,11-12,14-17H2,1-2H3,(H2,23,24,25). The van der Waals surface area contributed by atoms with Gasteiger partial charge in [-0.05, 0) is 23.6 Å². The maximum absolute atomic E-state index is 5.63. The largest absolute Gasteiger partial charge is 0.376 e. The van der Waals surface area contributed by atoms with Crippen LogP contribution in [0.15, 0.2) is 59.6 Å². The first-order valence-corrected chi connectivity index (χ1v) is 9.63. The molecular weight excluding hydrogens is 336 g/mol. The van der Waals surface area contributed by atoms with Crippen molar-refractivity contribution in [1.29, 1.82) is 0 Å². The van der Waals surface area contributed by atoms with Gasteiger partial charge in [0.15, 0.2) is 5.96 Å². The second-order valence-corrected chi connectivity index (χ2v) is 7.00. The molecule has 5 heteroatoms. The summed E-state index contributed by atoms with van der Waals surface area (Å²) in [5.41, 5.74) is 3.84. The molecule has 0 radical (unpaired) electrons. The molecule has 1 atom stereocenters. The highest BCUT2D eigenvalue weighted by Crippen LogP contribution is 2.12. The first-order valence-electron chi connectivity index (χ1n) is 9.63. The monoisotopic (exact) mass is 366 g/mol. The zero-order valence-corrected chi connectivity index (χ0v) is 16.3. The Morgan fingerprint density at radius 1 is 1.04 bits per heavy atom. The lowest BCUT2D eigenvalue weighted by atomic mass is 10.1. The average molecular weight is 367 g/mol. The van der Waals surface area contributed by atoms with Gasteiger partial charge in [0.05, 0.1) is 12.7 Å². The molecule has 1 fully saturated rings. The molecule has 2 aromatic rings. The highest BCUT2D eigenvalue weighted by atomic mass is 16.5. The van der Waals surface area contributed by atoms with Crippen molar-refractivity contribution in [2.45, 2.75) is 32.7 Å². The van der Waals surface area contributed by atoms with E-state index in [2.05, 4.69) is 63.8 Å². The minimum atomic E-state index is 0.322. The van der Waals surface area contributed by atoms with Gasteiger partial charge in [-0.2, -0.15) is 0 Å². The molecule has 1 unspecified atom stereocenters. The van der Waals surface area contributed by atoms with E-state index in [-0.39, 0.29) is 0 Å². The zero-order chi connectivity index (χ0) is 18.9. The number of hydrogen-bond acceptors (Lipinski definition) is 3. The Labute approximate surface area is 162 Å². The second kappa shape index (κ2) is 10.1. The molecule has 0 bridgehead atoms. The quantitative estimate of drug-likeness (QED) is 0.610. The van der Waals surface area contributed by atoms with Gasteiger partial charge in [0.2, 0.25) is 0 Å². The maximum Gasteiger partial charge on any atom is 0.191 e. The summed E-state index contributed by atoms with van der Waals surface area (Å²) in [5.74, 6) is 0.811. The van der Waals surface area contributed by atoms with Crippen LogP contribution in [0.25, 0.3) is 0 Å². The Kier molecular flexibility index (Phi) is 7.25. The van der Waals surface area contributed by atoms with Crippen molar-refractivity contribution in [3.8, 4) is 0 Å². The summed E-state index contributed by atoms with van der Waals surface area (Å²) in [5, 5.41) is 6.76. The summed E-state index contributed by atoms with van der Waals surface area (Å²) in [4.78, 5) is 6.77. The van der Waals surface area contributed by atoms with Crippen molar-refractivity contribution in [3.05, 3.63) is 71.3 Å². The lowest BCUT2D eigenvalue weighted by molar-refractivity contribution is -0.0212. The van der Waals surface area contributed by atoms with Gasteiger partial charge in [-0.15, -0.1) is 0 Å². The number of ether oxygens (including phenoxy) is 1. The summed E-state index contributed by atoms with van der Waals surface area (Å²) in [6.07, 6.45) is 0.322. The molecule has 0 aliphatic carbocycles. The number of benzene rings is 2. The van der Waals surface area contributed by atoms with Crippen LogP contribution in [0.4, 0.5) is 0 Å². The first kappa shape index (κ1) is 19.4. The molecule has 1 heterocycles. The minimum absolute atomic E-state index is 0.322. The molecule has 1 aliphatic heterocycles. The van der Waals surface area contributed by atoms with Gasteiger partial charge in [0.25, 0.3) is 0 Å². The van der Waals surface area contributed by atoms with E-state index in [1.54, 1.807) is 7.05 Å². The van der Waals surface area contributed by atoms with E-state index in [0.717, 1.165) is 45.3 Å². The van der Waals surface area contributed by atoms with Gasteiger partial charge < -0.3 is 15.4 Å². The van der Waals surface area contributed by atoms with Gasteiger partial charge >= 0.3 is 0 Å². The van der Waals surface area contributed by atoms with Crippen LogP contribution >= 0.6 is 0 Å². The molecule has 0 aromatic heterocycles. The van der Waals surface area contributed by atoms with Crippen molar-refractivity contribution in [2.24, 2.45) is 4.99 Å². The van der Waals surface area contributed by atoms with Gasteiger partial charge in [0, 0.05) is 39.8 Å². The van der Waals surface area contributed by atoms with Crippen LogP contribution in [0.2, 0.25) is 0 Å². The van der Waals surface area contributed by atoms with Crippen LogP contribution < -0.4 is 10.6 Å². The van der Waals surface area contributed by atoms with Crippen LogP contribution in [-0.4, -0.2) is 43.7 Å². The smallest absolute Gasteiger partial charge is 0.191 e. The van der Waals surface area contributed by atoms with Crippen molar-refractivity contribution < 1.29 is 4.74 Å². The fraction of sp³-hybridized carbons (Fsp3) is 0.409. The summed E-state index contributed by atoms with van der Waals surface area (Å²) < 4.78 is 5.63. The van der Waals surface area contributed by atoms with E-state index < -0.39 is 0 Å². The first-order chi connectivity index (χ1) is 13.2. The van der Waals surface area contributed by atoms with Gasteiger partial charge in [-0.3, -0.25) is 9.89 Å². The number of hydrogen-bond donors (Lipinski definition) is 2. The van der Waals surface area contributed by atoms with Crippen molar-refractivity contribution >= 4 is 5.96 Å². The van der Waals surface area contributed by atoms with Crippen LogP contribution in [0.5, 0.6) is 0 Å². The lowest BCUT2D eigenvalue weighted by Crippen LogP contribution is -2.40. The fourth-order valence-corrected chi connectivity index (χ4v) is 3.32. The molecule has 0 saturated carbocycles. The fourth-order valence-electron chi connectivity index (χ4n) is 3.32. The minimum Gasteiger partial charge on any atom is -0.376 e. The van der Waals surface area contributed by atoms with E-state index in [4.69, 9.17) is 4.74 Å². The molecule has 2 N–H and O–H groups in total. The molecule has 0 spiro atoms. The number of rotatable bonds is 6. The molecule has 144 valence electrons. The SMILES string of the molecule is CN=C(NCc1ccccc1)NCc1cccc(CN2CCOC(C)C2)c1. The molecule has 1 aliphatic rings. The highest BCUT2D eigenvalue weighted by molar-refractivity contribution is 5.79. The summed E-state index contributed by atoms with van der Waals surface area (Å²) >= 11 is 0. The Hall–Kier alpha value is -2.37. The van der Waals surface area contributed by atoms with Crippen LogP contribution in [-0.2, 0) is 24.4 Å². The van der Waals surface area contributed by atoms with E-state index >= 15 is 0 Å². The third kappa shape index (κ3) is 6.38. The Bertz CT molecular complexity index is 732. The number of nitrogens with one attached hydrogen (secondary N) is 2. The molecule has 3 rings (SSSR count). The summed E-state index contributed by atoms with van der Waals surface area (Å²) in [6.45, 7) is 7.45. The van der Waals surface area contributed by atoms with Gasteiger partial charge in [-0.25, -0.2) is 0 Å². The normalized spacial score (nSPS) is 18.3. The maximum atomic E-state index is 5.63. The molecule has 2 aromatic carbocycles. The van der Waals surface area contributed by atoms with E-state index in [0.29, 0.717) is 6.10 Å². The predicted molar refractivity (Wildman–Crippen MR) is 111 cm³/mol. The van der Waals surface area contributed by atoms with Crippen LogP contribution in [0.1, 0.15) is 23.6 Å². The van der Waals surface area contributed by atoms with E-state index in [1.165, 1.54) is 16.7 Å². The number of nitrogens with zero attached hydrogens (tertiary/aromatic N) is 2. The van der Waals surface area contributed by atoms with Crippen LogP contribution in [0.3, 0.4) is 0 Å². The molecule has 27 heavy (non-hydrogen) atoms. The zero-order valence-electron chi connectivity index (χ0n) is 16.3. The third-order valence-electron chi connectivity index (χ3n) is 4.71. The Morgan fingerprint density at radius 2 is 1.74 bits per heavy atom. The second-order valence-electron chi connectivity index (χ2n) is 7.00. The topological polar surface area (TPSA) is 48.9 Å². The van der Waals surface area contributed by atoms with Crippen molar-refractivity contribution in [3.63, 3.8) is 0 Å². The number of aliphatic imine (C=N–C) groups is 1. The molecular formula is C22H30N4O. The molecule has 1 saturated heterocycles. The predicted octanol–water partition coefficient (Wildman–Crippen LogP) is 2.77. The third-order valence-corrected chi connectivity index (χ3v) is 4.71. The number of guanidine groups is 1. The molecule has 5 nitrogen and oxygen atoms in total. The average Bonchev–Trinajstić information content (AvgIpc) is 2.69. The summed E-state index contributed by atoms with van der Waals surface area (Å²) in [7, 11) is 1.80. The van der Waals surface area contributed by atoms with Crippen molar-refractivity contribution in [2.75, 3.05) is 26.7 Å². The van der Waals surface area contributed by atoms with Gasteiger partial charge in [0.1, 0.15) is 0 Å². The van der Waals surface area contributed by atoms with Crippen molar-refractivity contribution in [1.82, 2.24) is 15.5 Å². The Morgan fingerprint density at radius 3 is 2.48 bits per heavy atom.